The Hall–Kier alpha value is -2.45. The molecular weight excluding hydrogens is 392 g/mol. The molecule has 3 rings (SSSR count). The van der Waals surface area contributed by atoms with Crippen molar-refractivity contribution in [2.45, 2.75) is 44.0 Å². The van der Waals surface area contributed by atoms with E-state index >= 15 is 0 Å². The van der Waals surface area contributed by atoms with Gasteiger partial charge in [-0.3, -0.25) is 10.1 Å². The summed E-state index contributed by atoms with van der Waals surface area (Å²) in [7, 11) is 0. The molecule has 0 saturated carbocycles. The van der Waals surface area contributed by atoms with Gasteiger partial charge in [-0.25, -0.2) is 14.8 Å². The van der Waals surface area contributed by atoms with Crippen LogP contribution in [0.1, 0.15) is 26.3 Å². The summed E-state index contributed by atoms with van der Waals surface area (Å²) in [6.45, 7) is 7.48. The van der Waals surface area contributed by atoms with E-state index in [1.807, 2.05) is 13.8 Å². The number of thiophene rings is 1. The Morgan fingerprint density at radius 2 is 1.82 bits per heavy atom. The number of thioether (sulfide) groups is 1. The van der Waals surface area contributed by atoms with Crippen LogP contribution in [0, 0.1) is 6.92 Å². The number of fused-ring (bicyclic) bond motifs is 1. The second-order valence-electron chi connectivity index (χ2n) is 6.75. The summed E-state index contributed by atoms with van der Waals surface area (Å²) in [5, 5.41) is 8.27. The van der Waals surface area contributed by atoms with E-state index in [1.165, 1.54) is 23.7 Å². The van der Waals surface area contributed by atoms with Gasteiger partial charge in [-0.1, -0.05) is 41.6 Å². The fourth-order valence-corrected chi connectivity index (χ4v) is 4.53. The molecule has 1 atom stereocenters. The molecule has 0 radical (unpaired) electrons. The molecule has 146 valence electrons. The first-order valence-electron chi connectivity index (χ1n) is 8.92. The fourth-order valence-electron chi connectivity index (χ4n) is 2.62. The van der Waals surface area contributed by atoms with Gasteiger partial charge in [0, 0.05) is 17.0 Å². The molecule has 2 N–H and O–H groups in total. The molecule has 0 aliphatic heterocycles. The van der Waals surface area contributed by atoms with Crippen molar-refractivity contribution in [1.29, 1.82) is 0 Å². The molecule has 0 aliphatic rings. The third-order valence-corrected chi connectivity index (χ3v) is 6.00. The minimum Gasteiger partial charge on any atom is -0.336 e. The van der Waals surface area contributed by atoms with Crippen molar-refractivity contribution in [3.05, 3.63) is 41.5 Å². The van der Waals surface area contributed by atoms with E-state index in [-0.39, 0.29) is 11.9 Å². The lowest BCUT2D eigenvalue weighted by Gasteiger charge is -2.13. The van der Waals surface area contributed by atoms with Crippen molar-refractivity contribution in [3.8, 4) is 11.1 Å². The van der Waals surface area contributed by atoms with Gasteiger partial charge in [0.05, 0.1) is 10.6 Å². The summed E-state index contributed by atoms with van der Waals surface area (Å²) in [5.41, 5.74) is 3.33. The molecule has 0 saturated heterocycles. The molecule has 3 amide bonds. The summed E-state index contributed by atoms with van der Waals surface area (Å²) >= 11 is 2.87. The average molecular weight is 415 g/mol. The number of amides is 3. The van der Waals surface area contributed by atoms with E-state index in [0.29, 0.717) is 0 Å². The first-order chi connectivity index (χ1) is 13.3. The summed E-state index contributed by atoms with van der Waals surface area (Å²) in [6.07, 6.45) is 1.51. The highest BCUT2D eigenvalue weighted by Gasteiger charge is 2.21. The van der Waals surface area contributed by atoms with Crippen molar-refractivity contribution in [2.75, 3.05) is 0 Å². The van der Waals surface area contributed by atoms with E-state index in [9.17, 15) is 9.59 Å². The summed E-state index contributed by atoms with van der Waals surface area (Å²) in [5.74, 6) is -0.359. The van der Waals surface area contributed by atoms with Crippen LogP contribution in [-0.2, 0) is 4.79 Å². The van der Waals surface area contributed by atoms with Crippen molar-refractivity contribution in [1.82, 2.24) is 20.6 Å². The Morgan fingerprint density at radius 1 is 1.11 bits per heavy atom. The summed E-state index contributed by atoms with van der Waals surface area (Å²) in [4.78, 5) is 33.8. The highest BCUT2D eigenvalue weighted by molar-refractivity contribution is 8.00. The molecule has 0 aliphatic carbocycles. The minimum atomic E-state index is -0.490. The largest absolute Gasteiger partial charge is 0.336 e. The Labute approximate surface area is 172 Å². The quantitative estimate of drug-likeness (QED) is 0.478. The Bertz CT molecular complexity index is 999. The van der Waals surface area contributed by atoms with Crippen LogP contribution in [0.15, 0.2) is 41.0 Å². The van der Waals surface area contributed by atoms with Crippen molar-refractivity contribution >= 4 is 45.3 Å². The molecule has 3 aromatic rings. The second-order valence-corrected chi connectivity index (χ2v) is 8.94. The van der Waals surface area contributed by atoms with Gasteiger partial charge in [0.25, 0.3) is 0 Å². The number of nitrogens with one attached hydrogen (secondary N) is 2. The predicted octanol–water partition coefficient (Wildman–Crippen LogP) is 4.38. The van der Waals surface area contributed by atoms with Gasteiger partial charge in [-0.15, -0.1) is 11.3 Å². The van der Waals surface area contributed by atoms with Crippen LogP contribution in [0.2, 0.25) is 0 Å². The maximum Gasteiger partial charge on any atom is 0.321 e. The molecule has 0 bridgehead atoms. The topological polar surface area (TPSA) is 84.0 Å². The molecule has 0 spiro atoms. The molecule has 2 heterocycles. The van der Waals surface area contributed by atoms with Crippen LogP contribution >= 0.6 is 23.1 Å². The average Bonchev–Trinajstić information content (AvgIpc) is 3.06. The summed E-state index contributed by atoms with van der Waals surface area (Å²) < 4.78 is 0. The number of hydrogen-bond acceptors (Lipinski definition) is 6. The molecule has 28 heavy (non-hydrogen) atoms. The predicted molar refractivity (Wildman–Crippen MR) is 115 cm³/mol. The summed E-state index contributed by atoms with van der Waals surface area (Å²) in [6, 6.07) is 7.75. The standard InChI is InChI=1S/C20H22N4O2S2/c1-11(2)23-20(26)24-17(25)13(4)28-19-16-15(9-27-18(16)21-10-22-19)14-7-5-12(3)6-8-14/h5-11,13H,1-4H3,(H2,23,24,25,26)/t13-/m0/s1. The molecule has 0 unspecified atom stereocenters. The second kappa shape index (κ2) is 8.70. The van der Waals surface area contributed by atoms with Crippen LogP contribution in [-0.4, -0.2) is 33.2 Å². The smallest absolute Gasteiger partial charge is 0.321 e. The molecule has 0 fully saturated rings. The van der Waals surface area contributed by atoms with E-state index in [1.54, 1.807) is 18.3 Å². The maximum atomic E-state index is 12.4. The number of aromatic nitrogens is 2. The highest BCUT2D eigenvalue weighted by Crippen LogP contribution is 2.38. The van der Waals surface area contributed by atoms with Crippen molar-refractivity contribution < 1.29 is 9.59 Å². The number of imide groups is 1. The van der Waals surface area contributed by atoms with Crippen molar-refractivity contribution in [2.24, 2.45) is 0 Å². The molecule has 1 aromatic carbocycles. The number of aryl methyl sites for hydroxylation is 1. The Morgan fingerprint density at radius 3 is 2.50 bits per heavy atom. The van der Waals surface area contributed by atoms with E-state index in [2.05, 4.69) is 57.2 Å². The molecule has 8 heteroatoms. The number of rotatable bonds is 5. The lowest BCUT2D eigenvalue weighted by molar-refractivity contribution is -0.119. The number of urea groups is 1. The van der Waals surface area contributed by atoms with Gasteiger partial charge >= 0.3 is 6.03 Å². The SMILES string of the molecule is Cc1ccc(-c2csc3ncnc(S[C@@H](C)C(=O)NC(=O)NC(C)C)c23)cc1. The van der Waals surface area contributed by atoms with Gasteiger partial charge in [0.15, 0.2) is 0 Å². The van der Waals surface area contributed by atoms with Gasteiger partial charge < -0.3 is 5.32 Å². The number of carbonyl (C=O) groups is 2. The zero-order chi connectivity index (χ0) is 20.3. The van der Waals surface area contributed by atoms with Crippen molar-refractivity contribution in [3.63, 3.8) is 0 Å². The zero-order valence-electron chi connectivity index (χ0n) is 16.1. The van der Waals surface area contributed by atoms with Gasteiger partial charge in [0.2, 0.25) is 5.91 Å². The third-order valence-electron chi connectivity index (χ3n) is 4.01. The Balaban J connectivity index is 1.85. The zero-order valence-corrected chi connectivity index (χ0v) is 17.8. The maximum absolute atomic E-state index is 12.4. The van der Waals surface area contributed by atoms with E-state index in [0.717, 1.165) is 26.4 Å². The van der Waals surface area contributed by atoms with Crippen LogP contribution < -0.4 is 10.6 Å². The van der Waals surface area contributed by atoms with Gasteiger partial charge in [0.1, 0.15) is 16.2 Å². The Kier molecular flexibility index (Phi) is 6.31. The fraction of sp³-hybridized carbons (Fsp3) is 0.300. The van der Waals surface area contributed by atoms with Crippen LogP contribution in [0.3, 0.4) is 0 Å². The number of benzene rings is 1. The lowest BCUT2D eigenvalue weighted by atomic mass is 10.1. The molecule has 2 aromatic heterocycles. The monoisotopic (exact) mass is 414 g/mol. The third kappa shape index (κ3) is 4.69. The van der Waals surface area contributed by atoms with E-state index < -0.39 is 11.3 Å². The van der Waals surface area contributed by atoms with Crippen LogP contribution in [0.25, 0.3) is 21.3 Å². The normalized spacial score (nSPS) is 12.2. The van der Waals surface area contributed by atoms with Crippen LogP contribution in [0.5, 0.6) is 0 Å². The van der Waals surface area contributed by atoms with Gasteiger partial charge in [-0.2, -0.15) is 0 Å². The molecular formula is C20H22N4O2S2. The van der Waals surface area contributed by atoms with Gasteiger partial charge in [-0.05, 0) is 33.3 Å². The first kappa shape index (κ1) is 20.3. The minimum absolute atomic E-state index is 0.0416. The molecule has 6 nitrogen and oxygen atoms in total. The highest BCUT2D eigenvalue weighted by atomic mass is 32.2. The van der Waals surface area contributed by atoms with E-state index in [4.69, 9.17) is 0 Å². The first-order valence-corrected chi connectivity index (χ1v) is 10.7. The van der Waals surface area contributed by atoms with Crippen LogP contribution in [0.4, 0.5) is 4.79 Å². The number of carbonyl (C=O) groups excluding carboxylic acids is 2. The number of nitrogens with zero attached hydrogens (tertiary/aromatic N) is 2. The lowest BCUT2D eigenvalue weighted by Crippen LogP contribution is -2.45. The number of hydrogen-bond donors (Lipinski definition) is 2.